The Labute approximate surface area is 184 Å². The Morgan fingerprint density at radius 1 is 1.19 bits per heavy atom. The highest BCUT2D eigenvalue weighted by Gasteiger charge is 2.50. The Bertz CT molecular complexity index is 1090. The zero-order chi connectivity index (χ0) is 23.9. The van der Waals surface area contributed by atoms with E-state index in [4.69, 9.17) is 0 Å². The number of nitrogens with zero attached hydrogens (tertiary/aromatic N) is 4. The van der Waals surface area contributed by atoms with Crippen molar-refractivity contribution in [1.82, 2.24) is 19.7 Å². The number of nitrogens with one attached hydrogen (secondary N) is 1. The predicted molar refractivity (Wildman–Crippen MR) is 112 cm³/mol. The van der Waals surface area contributed by atoms with E-state index in [0.29, 0.717) is 18.7 Å². The molecular formula is C20H26F3N5O3S. The third kappa shape index (κ3) is 4.59. The smallest absolute Gasteiger partial charge is 0.321 e. The number of sulfone groups is 1. The van der Waals surface area contributed by atoms with E-state index in [-0.39, 0.29) is 32.0 Å². The minimum atomic E-state index is -4.63. The maximum atomic E-state index is 15.7. The number of carbonyl (C=O) groups is 1. The second-order valence-corrected chi connectivity index (χ2v) is 10.5. The molecule has 2 amide bonds. The molecule has 0 bridgehead atoms. The molecule has 3 rings (SSSR count). The zero-order valence-corrected chi connectivity index (χ0v) is 19.1. The van der Waals surface area contributed by atoms with Crippen molar-refractivity contribution in [3.05, 3.63) is 35.8 Å². The summed E-state index contributed by atoms with van der Waals surface area (Å²) in [5, 5.41) is 2.92. The molecule has 1 N–H and O–H groups in total. The number of aryl methyl sites for hydroxylation is 2. The van der Waals surface area contributed by atoms with Gasteiger partial charge in [0.25, 0.3) is 5.92 Å². The van der Waals surface area contributed by atoms with E-state index in [2.05, 4.69) is 15.4 Å². The molecular weight excluding hydrogens is 447 g/mol. The molecule has 1 saturated heterocycles. The van der Waals surface area contributed by atoms with Gasteiger partial charge in [-0.1, -0.05) is 0 Å². The van der Waals surface area contributed by atoms with E-state index < -0.39 is 37.4 Å². The van der Waals surface area contributed by atoms with E-state index in [1.165, 1.54) is 18.1 Å². The normalized spacial score (nSPS) is 17.8. The Morgan fingerprint density at radius 3 is 2.31 bits per heavy atom. The Morgan fingerprint density at radius 2 is 1.81 bits per heavy atom. The average molecular weight is 474 g/mol. The summed E-state index contributed by atoms with van der Waals surface area (Å²) in [6.07, 6.45) is 1.72. The Hall–Kier alpha value is -2.63. The Balaban J connectivity index is 1.70. The number of aromatic nitrogens is 3. The van der Waals surface area contributed by atoms with E-state index in [1.807, 2.05) is 6.92 Å². The van der Waals surface area contributed by atoms with E-state index in [9.17, 15) is 22.0 Å². The van der Waals surface area contributed by atoms with Gasteiger partial charge in [0.1, 0.15) is 5.69 Å². The number of halogens is 3. The van der Waals surface area contributed by atoms with Gasteiger partial charge < -0.3 is 10.2 Å². The molecule has 2 aromatic heterocycles. The van der Waals surface area contributed by atoms with Crippen LogP contribution >= 0.6 is 0 Å². The van der Waals surface area contributed by atoms with Gasteiger partial charge >= 0.3 is 6.03 Å². The number of alkyl halides is 3. The number of urea groups is 1. The van der Waals surface area contributed by atoms with Crippen LogP contribution in [0, 0.1) is 12.8 Å². The van der Waals surface area contributed by atoms with Crippen molar-refractivity contribution < 1.29 is 26.4 Å². The monoisotopic (exact) mass is 473 g/mol. The van der Waals surface area contributed by atoms with Crippen molar-refractivity contribution in [2.75, 3.05) is 18.4 Å². The number of hydrogen-bond acceptors (Lipinski definition) is 5. The summed E-state index contributed by atoms with van der Waals surface area (Å²) in [4.78, 5) is 18.0. The molecule has 1 unspecified atom stereocenters. The van der Waals surface area contributed by atoms with Crippen molar-refractivity contribution in [3.63, 3.8) is 0 Å². The lowest BCUT2D eigenvalue weighted by atomic mass is 9.92. The van der Waals surface area contributed by atoms with E-state index in [0.717, 1.165) is 17.3 Å². The molecule has 1 fully saturated rings. The number of pyridine rings is 1. The van der Waals surface area contributed by atoms with Crippen LogP contribution in [-0.2, 0) is 22.8 Å². The minimum absolute atomic E-state index is 0.0977. The molecule has 8 nitrogen and oxygen atoms in total. The first-order chi connectivity index (χ1) is 14.7. The van der Waals surface area contributed by atoms with Crippen LogP contribution in [0.15, 0.2) is 29.4 Å². The lowest BCUT2D eigenvalue weighted by Crippen LogP contribution is -2.48. The number of amides is 2. The second-order valence-electron chi connectivity index (χ2n) is 8.25. The summed E-state index contributed by atoms with van der Waals surface area (Å²) in [5.74, 6) is -4.28. The van der Waals surface area contributed by atoms with Crippen LogP contribution in [0.4, 0.5) is 23.7 Å². The molecule has 0 aromatic carbocycles. The highest BCUT2D eigenvalue weighted by atomic mass is 32.2. The van der Waals surface area contributed by atoms with Crippen LogP contribution in [0.3, 0.4) is 0 Å². The third-order valence-corrected chi connectivity index (χ3v) is 8.08. The van der Waals surface area contributed by atoms with Gasteiger partial charge in [-0.25, -0.2) is 17.6 Å². The fraction of sp³-hybridized carbons (Fsp3) is 0.550. The summed E-state index contributed by atoms with van der Waals surface area (Å²) in [6.45, 7) is 3.65. The first kappa shape index (κ1) is 24.0. The molecule has 2 aromatic rings. The highest BCUT2D eigenvalue weighted by molar-refractivity contribution is 7.92. The van der Waals surface area contributed by atoms with Gasteiger partial charge in [-0.3, -0.25) is 9.67 Å². The topological polar surface area (TPSA) is 97.2 Å². The van der Waals surface area contributed by atoms with Crippen LogP contribution < -0.4 is 5.32 Å². The summed E-state index contributed by atoms with van der Waals surface area (Å²) < 4.78 is 69.6. The van der Waals surface area contributed by atoms with Crippen molar-refractivity contribution in [2.45, 2.75) is 49.6 Å². The summed E-state index contributed by atoms with van der Waals surface area (Å²) in [6, 6.07) is 3.78. The minimum Gasteiger partial charge on any atom is -0.325 e. The van der Waals surface area contributed by atoms with Crippen molar-refractivity contribution >= 4 is 21.6 Å². The quantitative estimate of drug-likeness (QED) is 0.715. The average Bonchev–Trinajstić information content (AvgIpc) is 3.12. The van der Waals surface area contributed by atoms with Gasteiger partial charge in [0, 0.05) is 44.7 Å². The van der Waals surface area contributed by atoms with Crippen LogP contribution in [-0.4, -0.2) is 52.2 Å². The molecule has 3 heterocycles. The van der Waals surface area contributed by atoms with Crippen molar-refractivity contribution in [2.24, 2.45) is 13.0 Å². The number of hydrogen-bond donors (Lipinski definition) is 1. The van der Waals surface area contributed by atoms with Gasteiger partial charge in [0.05, 0.1) is 11.9 Å². The number of piperidine rings is 1. The standard InChI is InChI=1S/C20H26F3N5O3S/c1-13-5-6-15(12-24-13)25-18(29)28-9-7-14(8-10-28)20(3,23)32(30,31)17-11-16(19(2,21)22)26-27(17)4/h5-6,11-12,14H,7-10H2,1-4H3,(H,25,29). The summed E-state index contributed by atoms with van der Waals surface area (Å²) in [5.41, 5.74) is 0.572. The molecule has 32 heavy (non-hydrogen) atoms. The molecule has 176 valence electrons. The zero-order valence-electron chi connectivity index (χ0n) is 18.3. The van der Waals surface area contributed by atoms with Crippen molar-refractivity contribution in [3.8, 4) is 0 Å². The number of rotatable bonds is 5. The van der Waals surface area contributed by atoms with Gasteiger partial charge in [-0.05, 0) is 38.8 Å². The summed E-state index contributed by atoms with van der Waals surface area (Å²) in [7, 11) is -3.44. The lowest BCUT2D eigenvalue weighted by molar-refractivity contribution is 0.0122. The first-order valence-corrected chi connectivity index (χ1v) is 11.6. The highest BCUT2D eigenvalue weighted by Crippen LogP contribution is 2.40. The number of anilines is 1. The maximum Gasteiger partial charge on any atom is 0.321 e. The fourth-order valence-corrected chi connectivity index (χ4v) is 5.42. The largest absolute Gasteiger partial charge is 0.325 e. The van der Waals surface area contributed by atoms with Gasteiger partial charge in [-0.15, -0.1) is 0 Å². The first-order valence-electron chi connectivity index (χ1n) is 10.1. The molecule has 1 aliphatic rings. The third-order valence-electron chi connectivity index (χ3n) is 5.76. The number of carbonyl (C=O) groups excluding carboxylic acids is 1. The molecule has 1 aliphatic heterocycles. The van der Waals surface area contributed by atoms with Crippen LogP contribution in [0.5, 0.6) is 0 Å². The van der Waals surface area contributed by atoms with Crippen LogP contribution in [0.2, 0.25) is 0 Å². The van der Waals surface area contributed by atoms with Gasteiger partial charge in [0.15, 0.2) is 5.03 Å². The van der Waals surface area contributed by atoms with E-state index in [1.54, 1.807) is 12.1 Å². The van der Waals surface area contributed by atoms with Crippen molar-refractivity contribution in [1.29, 1.82) is 0 Å². The van der Waals surface area contributed by atoms with Crippen LogP contribution in [0.25, 0.3) is 0 Å². The molecule has 0 aliphatic carbocycles. The SMILES string of the molecule is Cc1ccc(NC(=O)N2CCC(C(C)(F)S(=O)(=O)c3cc(C(C)(F)F)nn3C)CC2)cn1. The maximum absolute atomic E-state index is 15.7. The lowest BCUT2D eigenvalue weighted by Gasteiger charge is -2.37. The molecule has 1 atom stereocenters. The van der Waals surface area contributed by atoms with Gasteiger partial charge in [-0.2, -0.15) is 13.9 Å². The van der Waals surface area contributed by atoms with Gasteiger partial charge in [0.2, 0.25) is 14.8 Å². The fourth-order valence-electron chi connectivity index (χ4n) is 3.68. The summed E-state index contributed by atoms with van der Waals surface area (Å²) >= 11 is 0. The molecule has 0 radical (unpaired) electrons. The molecule has 12 heteroatoms. The predicted octanol–water partition coefficient (Wildman–Crippen LogP) is 3.64. The molecule has 0 spiro atoms. The number of likely N-dealkylation sites (tertiary alicyclic amines) is 1. The van der Waals surface area contributed by atoms with Crippen LogP contribution in [0.1, 0.15) is 38.1 Å². The van der Waals surface area contributed by atoms with E-state index >= 15 is 4.39 Å². The Kier molecular flexibility index (Phi) is 6.29. The molecule has 0 saturated carbocycles. The second kappa shape index (κ2) is 8.38.